The van der Waals surface area contributed by atoms with Gasteiger partial charge in [0.1, 0.15) is 19.3 Å². The Balaban J connectivity index is 1.53. The van der Waals surface area contributed by atoms with Gasteiger partial charge in [-0.1, -0.05) is 6.42 Å². The number of nitrogens with zero attached hydrogens (tertiary/aromatic N) is 3. The van der Waals surface area contributed by atoms with Crippen molar-refractivity contribution in [3.63, 3.8) is 0 Å². The molecule has 1 aromatic heterocycles. The number of carbonyl (C=O) groups is 1. The molecule has 1 heterocycles. The number of ether oxygens (including phenoxy) is 1. The topological polar surface area (TPSA) is 87.3 Å². The van der Waals surface area contributed by atoms with E-state index in [-0.39, 0.29) is 30.9 Å². The lowest BCUT2D eigenvalue weighted by Gasteiger charge is -2.19. The number of imidazole rings is 1. The Morgan fingerprint density at radius 1 is 1.52 bits per heavy atom. The standard InChI is InChI=1S/C14H19N3O4/c1-9-15-8-13(17(19)20)16(9)4-5-21-14(18)12-7-10-2-3-11(12)6-10/h8,10-12H,2-7H2,1H3. The molecule has 0 amide bonds. The average molecular weight is 293 g/mol. The number of rotatable bonds is 5. The van der Waals surface area contributed by atoms with Gasteiger partial charge in [-0.15, -0.1) is 0 Å². The Morgan fingerprint density at radius 3 is 2.95 bits per heavy atom. The fourth-order valence-electron chi connectivity index (χ4n) is 3.76. The summed E-state index contributed by atoms with van der Waals surface area (Å²) in [5.74, 6) is 1.59. The summed E-state index contributed by atoms with van der Waals surface area (Å²) in [5.41, 5.74) is 0. The molecule has 0 saturated heterocycles. The smallest absolute Gasteiger partial charge is 0.342 e. The van der Waals surface area contributed by atoms with E-state index in [4.69, 9.17) is 4.74 Å². The zero-order valence-electron chi connectivity index (χ0n) is 12.0. The van der Waals surface area contributed by atoms with Crippen LogP contribution in [0.15, 0.2) is 6.20 Å². The lowest BCUT2D eigenvalue weighted by Crippen LogP contribution is -2.24. The highest BCUT2D eigenvalue weighted by molar-refractivity contribution is 5.73. The van der Waals surface area contributed by atoms with Crippen molar-refractivity contribution >= 4 is 11.8 Å². The zero-order valence-corrected chi connectivity index (χ0v) is 12.0. The molecule has 2 aliphatic carbocycles. The van der Waals surface area contributed by atoms with E-state index >= 15 is 0 Å². The van der Waals surface area contributed by atoms with E-state index in [1.165, 1.54) is 17.2 Å². The van der Waals surface area contributed by atoms with Crippen LogP contribution in [-0.4, -0.2) is 27.1 Å². The first kappa shape index (κ1) is 14.0. The maximum atomic E-state index is 12.1. The number of hydrogen-bond donors (Lipinski definition) is 0. The van der Waals surface area contributed by atoms with E-state index < -0.39 is 4.92 Å². The van der Waals surface area contributed by atoms with Crippen LogP contribution in [0.25, 0.3) is 0 Å². The molecule has 2 aliphatic rings. The first-order chi connectivity index (χ1) is 10.1. The number of carbonyl (C=O) groups excluding carboxylic acids is 1. The molecular weight excluding hydrogens is 274 g/mol. The number of esters is 1. The van der Waals surface area contributed by atoms with Gasteiger partial charge in [0.05, 0.1) is 5.92 Å². The second-order valence-corrected chi connectivity index (χ2v) is 6.02. The first-order valence-corrected chi connectivity index (χ1v) is 7.39. The number of aromatic nitrogens is 2. The Kier molecular flexibility index (Phi) is 3.65. The molecule has 0 N–H and O–H groups in total. The number of nitro groups is 1. The molecule has 0 aliphatic heterocycles. The summed E-state index contributed by atoms with van der Waals surface area (Å²) in [7, 11) is 0. The van der Waals surface area contributed by atoms with Gasteiger partial charge >= 0.3 is 11.8 Å². The Bertz CT molecular complexity index is 569. The minimum absolute atomic E-state index is 0.0441. The lowest BCUT2D eigenvalue weighted by molar-refractivity contribution is -0.392. The third kappa shape index (κ3) is 2.64. The molecule has 114 valence electrons. The molecule has 2 saturated carbocycles. The van der Waals surface area contributed by atoms with Crippen molar-refractivity contribution in [3.05, 3.63) is 22.1 Å². The number of hydrogen-bond acceptors (Lipinski definition) is 5. The minimum Gasteiger partial charge on any atom is -0.461 e. The summed E-state index contributed by atoms with van der Waals surface area (Å²) in [6.07, 6.45) is 5.72. The van der Waals surface area contributed by atoms with Crippen LogP contribution in [0.3, 0.4) is 0 Å². The highest BCUT2D eigenvalue weighted by Gasteiger charge is 2.43. The van der Waals surface area contributed by atoms with Crippen molar-refractivity contribution in [2.75, 3.05) is 6.61 Å². The molecule has 0 spiro atoms. The van der Waals surface area contributed by atoms with Gasteiger partial charge in [0.2, 0.25) is 0 Å². The summed E-state index contributed by atoms with van der Waals surface area (Å²) in [5, 5.41) is 10.9. The van der Waals surface area contributed by atoms with Crippen LogP contribution >= 0.6 is 0 Å². The van der Waals surface area contributed by atoms with E-state index in [2.05, 4.69) is 4.98 Å². The molecule has 7 heteroatoms. The van der Waals surface area contributed by atoms with Gasteiger partial charge in [-0.3, -0.25) is 4.79 Å². The maximum absolute atomic E-state index is 12.1. The molecule has 2 fully saturated rings. The van der Waals surface area contributed by atoms with Crippen LogP contribution in [0.5, 0.6) is 0 Å². The van der Waals surface area contributed by atoms with Crippen LogP contribution < -0.4 is 0 Å². The van der Waals surface area contributed by atoms with Crippen molar-refractivity contribution in [3.8, 4) is 0 Å². The number of aryl methyl sites for hydroxylation is 1. The maximum Gasteiger partial charge on any atom is 0.342 e. The highest BCUT2D eigenvalue weighted by atomic mass is 16.6. The highest BCUT2D eigenvalue weighted by Crippen LogP contribution is 2.48. The van der Waals surface area contributed by atoms with Crippen LogP contribution in [0.4, 0.5) is 5.82 Å². The molecule has 3 rings (SSSR count). The van der Waals surface area contributed by atoms with Crippen LogP contribution in [0, 0.1) is 34.8 Å². The Morgan fingerprint density at radius 2 is 2.33 bits per heavy atom. The van der Waals surface area contributed by atoms with E-state index in [1.54, 1.807) is 6.92 Å². The third-order valence-corrected chi connectivity index (χ3v) is 4.82. The quantitative estimate of drug-likeness (QED) is 0.471. The van der Waals surface area contributed by atoms with Gasteiger partial charge in [0.15, 0.2) is 5.82 Å². The third-order valence-electron chi connectivity index (χ3n) is 4.82. The summed E-state index contributed by atoms with van der Waals surface area (Å²) in [6.45, 7) is 2.13. The Hall–Kier alpha value is -1.92. The second kappa shape index (κ2) is 5.46. The summed E-state index contributed by atoms with van der Waals surface area (Å²) >= 11 is 0. The van der Waals surface area contributed by atoms with Gasteiger partial charge < -0.3 is 14.9 Å². The second-order valence-electron chi connectivity index (χ2n) is 6.02. The summed E-state index contributed by atoms with van der Waals surface area (Å²) in [4.78, 5) is 26.4. The minimum atomic E-state index is -0.474. The van der Waals surface area contributed by atoms with Crippen LogP contribution in [-0.2, 0) is 16.1 Å². The van der Waals surface area contributed by atoms with E-state index in [9.17, 15) is 14.9 Å². The van der Waals surface area contributed by atoms with E-state index in [1.807, 2.05) is 0 Å². The van der Waals surface area contributed by atoms with Gasteiger partial charge in [-0.05, 0) is 36.0 Å². The summed E-state index contributed by atoms with van der Waals surface area (Å²) < 4.78 is 6.80. The molecule has 0 aromatic carbocycles. The van der Waals surface area contributed by atoms with Crippen molar-refractivity contribution in [1.29, 1.82) is 0 Å². The molecule has 21 heavy (non-hydrogen) atoms. The largest absolute Gasteiger partial charge is 0.461 e. The molecule has 1 aromatic rings. The fourth-order valence-corrected chi connectivity index (χ4v) is 3.76. The lowest BCUT2D eigenvalue weighted by atomic mass is 9.89. The van der Waals surface area contributed by atoms with Gasteiger partial charge in [-0.25, -0.2) is 9.55 Å². The first-order valence-electron chi connectivity index (χ1n) is 7.39. The van der Waals surface area contributed by atoms with Crippen molar-refractivity contribution in [2.45, 2.75) is 39.2 Å². The average Bonchev–Trinajstić information content (AvgIpc) is 3.14. The predicted molar refractivity (Wildman–Crippen MR) is 73.5 cm³/mol. The Labute approximate surface area is 122 Å². The monoisotopic (exact) mass is 293 g/mol. The molecule has 0 radical (unpaired) electrons. The number of fused-ring (bicyclic) bond motifs is 2. The predicted octanol–water partition coefficient (Wildman–Crippen LogP) is 2.08. The van der Waals surface area contributed by atoms with Gasteiger partial charge in [0, 0.05) is 6.92 Å². The van der Waals surface area contributed by atoms with Crippen molar-refractivity contribution < 1.29 is 14.5 Å². The molecule has 3 unspecified atom stereocenters. The van der Waals surface area contributed by atoms with Crippen molar-refractivity contribution in [2.24, 2.45) is 17.8 Å². The molecular formula is C14H19N3O4. The molecule has 3 atom stereocenters. The van der Waals surface area contributed by atoms with E-state index in [0.29, 0.717) is 17.7 Å². The SMILES string of the molecule is Cc1ncc([N+](=O)[O-])n1CCOC(=O)C1CC2CCC1C2. The van der Waals surface area contributed by atoms with Gasteiger partial charge in [0.25, 0.3) is 0 Å². The van der Waals surface area contributed by atoms with E-state index in [0.717, 1.165) is 19.3 Å². The zero-order chi connectivity index (χ0) is 15.0. The van der Waals surface area contributed by atoms with Crippen LogP contribution in [0.1, 0.15) is 31.5 Å². The van der Waals surface area contributed by atoms with Crippen LogP contribution in [0.2, 0.25) is 0 Å². The molecule has 2 bridgehead atoms. The fraction of sp³-hybridized carbons (Fsp3) is 0.714. The van der Waals surface area contributed by atoms with Crippen molar-refractivity contribution in [1.82, 2.24) is 9.55 Å². The summed E-state index contributed by atoms with van der Waals surface area (Å²) in [6, 6.07) is 0. The van der Waals surface area contributed by atoms with Gasteiger partial charge in [-0.2, -0.15) is 0 Å². The normalized spacial score (nSPS) is 27.0. The molecule has 7 nitrogen and oxygen atoms in total.